The Bertz CT molecular complexity index is 1440. The van der Waals surface area contributed by atoms with Crippen LogP contribution >= 0.6 is 0 Å². The van der Waals surface area contributed by atoms with Crippen molar-refractivity contribution in [3.05, 3.63) is 84.2 Å². The van der Waals surface area contributed by atoms with Crippen LogP contribution in [0.2, 0.25) is 0 Å². The third-order valence-electron chi connectivity index (χ3n) is 8.15. The maximum atomic E-state index is 12.9. The smallest absolute Gasteiger partial charge is 0.225 e. The zero-order valence-electron chi connectivity index (χ0n) is 22.0. The largest absolute Gasteiger partial charge is 0.340 e. The summed E-state index contributed by atoms with van der Waals surface area (Å²) >= 11 is 0. The molecule has 4 aromatic rings. The number of carbonyl (C=O) groups is 2. The number of carbonyl (C=O) groups excluding carboxylic acids is 2. The predicted octanol–water partition coefficient (Wildman–Crippen LogP) is 5.71. The molecule has 2 aliphatic rings. The van der Waals surface area contributed by atoms with Gasteiger partial charge in [0.15, 0.2) is 5.78 Å². The van der Waals surface area contributed by atoms with E-state index in [9.17, 15) is 9.59 Å². The Morgan fingerprint density at radius 1 is 0.816 bits per heavy atom. The summed E-state index contributed by atoms with van der Waals surface area (Å²) in [6.45, 7) is 5.68. The summed E-state index contributed by atoms with van der Waals surface area (Å²) in [6, 6.07) is 22.3. The Morgan fingerprint density at radius 2 is 1.50 bits per heavy atom. The lowest BCUT2D eigenvalue weighted by Crippen LogP contribution is -2.49. The van der Waals surface area contributed by atoms with Gasteiger partial charge in [-0.1, -0.05) is 67.4 Å². The van der Waals surface area contributed by atoms with E-state index in [2.05, 4.69) is 56.8 Å². The number of imidazole rings is 1. The third-order valence-corrected chi connectivity index (χ3v) is 8.15. The van der Waals surface area contributed by atoms with E-state index in [0.717, 1.165) is 84.9 Å². The third kappa shape index (κ3) is 4.88. The van der Waals surface area contributed by atoms with Gasteiger partial charge in [0.05, 0.1) is 11.4 Å². The first-order chi connectivity index (χ1) is 18.6. The summed E-state index contributed by atoms with van der Waals surface area (Å²) < 4.78 is 2.21. The Hall–Kier alpha value is -3.77. The van der Waals surface area contributed by atoms with Crippen molar-refractivity contribution in [2.24, 2.45) is 5.92 Å². The molecule has 1 amide bonds. The van der Waals surface area contributed by atoms with E-state index >= 15 is 0 Å². The summed E-state index contributed by atoms with van der Waals surface area (Å²) in [6.07, 6.45) is 6.65. The predicted molar refractivity (Wildman–Crippen MR) is 150 cm³/mol. The van der Waals surface area contributed by atoms with Crippen LogP contribution in [-0.4, -0.2) is 57.1 Å². The van der Waals surface area contributed by atoms with Gasteiger partial charge in [-0.15, -0.1) is 0 Å². The summed E-state index contributed by atoms with van der Waals surface area (Å²) in [5.74, 6) is 0.678. The standard InChI is InChI=1S/C32H34N4O2/c1-23(37)24-11-13-25(14-12-24)28-15-16-30-33-31(26-7-3-2-4-8-26)29(36(30)21-28)22-34-17-19-35(20-18-34)32(38)27-9-5-6-10-27/h2-4,7-8,11-16,21,27H,5-6,9-10,17-20,22H2,1H3. The second-order valence-electron chi connectivity index (χ2n) is 10.6. The Labute approximate surface area is 223 Å². The van der Waals surface area contributed by atoms with Gasteiger partial charge in [0, 0.05) is 56.0 Å². The molecule has 1 saturated heterocycles. The number of hydrogen-bond donors (Lipinski definition) is 0. The van der Waals surface area contributed by atoms with Crippen LogP contribution in [-0.2, 0) is 11.3 Å². The minimum atomic E-state index is 0.0708. The van der Waals surface area contributed by atoms with E-state index in [4.69, 9.17) is 4.98 Å². The summed E-state index contributed by atoms with van der Waals surface area (Å²) in [5.41, 5.74) is 7.04. The molecule has 6 heteroatoms. The van der Waals surface area contributed by atoms with Gasteiger partial charge in [-0.25, -0.2) is 4.98 Å². The Balaban J connectivity index is 1.29. The van der Waals surface area contributed by atoms with Crippen LogP contribution in [0, 0.1) is 5.92 Å². The minimum Gasteiger partial charge on any atom is -0.340 e. The molecule has 6 nitrogen and oxygen atoms in total. The average molecular weight is 507 g/mol. The molecular formula is C32H34N4O2. The highest BCUT2D eigenvalue weighted by Crippen LogP contribution is 2.30. The van der Waals surface area contributed by atoms with E-state index in [1.165, 1.54) is 12.8 Å². The number of benzene rings is 2. The summed E-state index contributed by atoms with van der Waals surface area (Å²) in [7, 11) is 0. The molecule has 0 bridgehead atoms. The van der Waals surface area contributed by atoms with Crippen molar-refractivity contribution < 1.29 is 9.59 Å². The maximum absolute atomic E-state index is 12.9. The number of pyridine rings is 1. The van der Waals surface area contributed by atoms with E-state index < -0.39 is 0 Å². The highest BCUT2D eigenvalue weighted by molar-refractivity contribution is 5.94. The Morgan fingerprint density at radius 3 is 2.18 bits per heavy atom. The number of hydrogen-bond acceptors (Lipinski definition) is 4. The van der Waals surface area contributed by atoms with Crippen molar-refractivity contribution in [2.75, 3.05) is 26.2 Å². The number of piperazine rings is 1. The maximum Gasteiger partial charge on any atom is 0.225 e. The minimum absolute atomic E-state index is 0.0708. The molecular weight excluding hydrogens is 472 g/mol. The van der Waals surface area contributed by atoms with Crippen LogP contribution in [0.25, 0.3) is 28.0 Å². The summed E-state index contributed by atoms with van der Waals surface area (Å²) in [5, 5.41) is 0. The number of amides is 1. The molecule has 0 unspecified atom stereocenters. The SMILES string of the molecule is CC(=O)c1ccc(-c2ccc3nc(-c4ccccc4)c(CN4CCN(C(=O)C5CCCC5)CC4)n3c2)cc1. The monoisotopic (exact) mass is 506 g/mol. The van der Waals surface area contributed by atoms with Crippen LogP contribution in [0.1, 0.15) is 48.7 Å². The number of aromatic nitrogens is 2. The second-order valence-corrected chi connectivity index (χ2v) is 10.6. The van der Waals surface area contributed by atoms with Crippen molar-refractivity contribution in [3.63, 3.8) is 0 Å². The first kappa shape index (κ1) is 24.6. The Kier molecular flexibility index (Phi) is 6.81. The molecule has 2 aromatic carbocycles. The van der Waals surface area contributed by atoms with Gasteiger partial charge in [-0.3, -0.25) is 14.5 Å². The molecule has 1 aliphatic carbocycles. The average Bonchev–Trinajstić information content (AvgIpc) is 3.62. The molecule has 0 N–H and O–H groups in total. The van der Waals surface area contributed by atoms with Gasteiger partial charge in [0.2, 0.25) is 5.91 Å². The molecule has 6 rings (SSSR count). The molecule has 2 aromatic heterocycles. The van der Waals surface area contributed by atoms with Gasteiger partial charge < -0.3 is 9.30 Å². The number of nitrogens with zero attached hydrogens (tertiary/aromatic N) is 4. The van der Waals surface area contributed by atoms with Gasteiger partial charge in [-0.05, 0) is 43.0 Å². The van der Waals surface area contributed by atoms with Crippen LogP contribution in [0.15, 0.2) is 72.9 Å². The van der Waals surface area contributed by atoms with E-state index in [1.807, 2.05) is 30.3 Å². The van der Waals surface area contributed by atoms with E-state index in [-0.39, 0.29) is 11.7 Å². The van der Waals surface area contributed by atoms with Crippen molar-refractivity contribution in [1.82, 2.24) is 19.2 Å². The van der Waals surface area contributed by atoms with Crippen molar-refractivity contribution in [1.29, 1.82) is 0 Å². The molecule has 3 heterocycles. The molecule has 1 aliphatic heterocycles. The van der Waals surface area contributed by atoms with Crippen LogP contribution < -0.4 is 0 Å². The zero-order chi connectivity index (χ0) is 26.1. The molecule has 0 atom stereocenters. The number of ketones is 1. The molecule has 0 spiro atoms. The molecule has 1 saturated carbocycles. The van der Waals surface area contributed by atoms with Crippen LogP contribution in [0.3, 0.4) is 0 Å². The van der Waals surface area contributed by atoms with Crippen LogP contribution in [0.5, 0.6) is 0 Å². The lowest BCUT2D eigenvalue weighted by atomic mass is 10.0. The zero-order valence-corrected chi connectivity index (χ0v) is 22.0. The van der Waals surface area contributed by atoms with Crippen LogP contribution in [0.4, 0.5) is 0 Å². The van der Waals surface area contributed by atoms with Gasteiger partial charge in [-0.2, -0.15) is 0 Å². The fourth-order valence-electron chi connectivity index (χ4n) is 5.91. The van der Waals surface area contributed by atoms with Gasteiger partial charge in [0.1, 0.15) is 5.65 Å². The first-order valence-corrected chi connectivity index (χ1v) is 13.8. The number of Topliss-reactive ketones (excluding diaryl/α,β-unsaturated/α-hetero) is 1. The fraction of sp³-hybridized carbons (Fsp3) is 0.344. The highest BCUT2D eigenvalue weighted by atomic mass is 16.2. The van der Waals surface area contributed by atoms with Crippen molar-refractivity contribution in [2.45, 2.75) is 39.2 Å². The van der Waals surface area contributed by atoms with E-state index in [0.29, 0.717) is 5.91 Å². The molecule has 0 radical (unpaired) electrons. The van der Waals surface area contributed by atoms with Crippen molar-refractivity contribution >= 4 is 17.3 Å². The molecule has 2 fully saturated rings. The quantitative estimate of drug-likeness (QED) is 0.315. The normalized spacial score (nSPS) is 16.8. The van der Waals surface area contributed by atoms with Gasteiger partial charge >= 0.3 is 0 Å². The first-order valence-electron chi connectivity index (χ1n) is 13.8. The molecule has 194 valence electrons. The van der Waals surface area contributed by atoms with Gasteiger partial charge in [0.25, 0.3) is 0 Å². The topological polar surface area (TPSA) is 57.9 Å². The second kappa shape index (κ2) is 10.5. The highest BCUT2D eigenvalue weighted by Gasteiger charge is 2.30. The summed E-state index contributed by atoms with van der Waals surface area (Å²) in [4.78, 5) is 34.2. The fourth-order valence-corrected chi connectivity index (χ4v) is 5.91. The lowest BCUT2D eigenvalue weighted by molar-refractivity contribution is -0.137. The number of fused-ring (bicyclic) bond motifs is 1. The lowest BCUT2D eigenvalue weighted by Gasteiger charge is -2.36. The number of rotatable bonds is 6. The van der Waals surface area contributed by atoms with E-state index in [1.54, 1.807) is 6.92 Å². The molecule has 38 heavy (non-hydrogen) atoms. The van der Waals surface area contributed by atoms with Crippen molar-refractivity contribution in [3.8, 4) is 22.4 Å².